The van der Waals surface area contributed by atoms with E-state index < -0.39 is 5.60 Å². The predicted molar refractivity (Wildman–Crippen MR) is 119 cm³/mol. The lowest BCUT2D eigenvalue weighted by Gasteiger charge is -2.40. The molecule has 6 heteroatoms. The summed E-state index contributed by atoms with van der Waals surface area (Å²) in [6, 6.07) is 12.6. The molecule has 3 aliphatic rings. The number of hydrogen-bond donors (Lipinski definition) is 0. The van der Waals surface area contributed by atoms with Gasteiger partial charge in [0.25, 0.3) is 0 Å². The van der Waals surface area contributed by atoms with Crippen molar-refractivity contribution in [3.63, 3.8) is 0 Å². The summed E-state index contributed by atoms with van der Waals surface area (Å²) in [6.07, 6.45) is 0.703. The summed E-state index contributed by atoms with van der Waals surface area (Å²) >= 11 is 6.49. The van der Waals surface area contributed by atoms with Crippen LogP contribution in [0.5, 0.6) is 5.75 Å². The van der Waals surface area contributed by atoms with Crippen LogP contribution in [-0.4, -0.2) is 48.9 Å². The smallest absolute Gasteiger partial charge is 0.410 e. The fourth-order valence-corrected chi connectivity index (χ4v) is 5.23. The molecule has 5 nitrogen and oxygen atoms in total. The molecular formula is C24H27ClN2O3. The molecule has 5 rings (SSSR count). The average molecular weight is 427 g/mol. The number of carbonyl (C=O) groups excluding carboxylic acids is 1. The van der Waals surface area contributed by atoms with E-state index in [1.165, 1.54) is 11.3 Å². The number of halogens is 1. The SMILES string of the molecule is CC(C)(C)OC(=O)N1CC[C@H]2[C@@H](C1)c1cc(-c3ccccc3Cl)cc3c1N2CCO3. The minimum absolute atomic E-state index is 0.227. The first-order valence-corrected chi connectivity index (χ1v) is 11.0. The van der Waals surface area contributed by atoms with E-state index in [9.17, 15) is 4.79 Å². The van der Waals surface area contributed by atoms with Gasteiger partial charge in [-0.15, -0.1) is 0 Å². The zero-order chi connectivity index (χ0) is 21.0. The molecule has 0 radical (unpaired) electrons. The Labute approximate surface area is 182 Å². The Morgan fingerprint density at radius 1 is 1.20 bits per heavy atom. The van der Waals surface area contributed by atoms with E-state index in [2.05, 4.69) is 17.0 Å². The van der Waals surface area contributed by atoms with Gasteiger partial charge in [-0.05, 0) is 56.5 Å². The number of anilines is 1. The topological polar surface area (TPSA) is 42.0 Å². The Balaban J connectivity index is 1.52. The molecule has 0 bridgehead atoms. The summed E-state index contributed by atoms with van der Waals surface area (Å²) in [5, 5.41) is 0.728. The standard InChI is InChI=1S/C24H27ClN2O3/c1-24(2,3)30-23(28)26-9-8-20-18(14-26)17-12-15(16-6-4-5-7-19(16)25)13-21-22(17)27(20)10-11-29-21/h4-7,12-13,18,20H,8-11,14H2,1-3H3/t18-,20-/m0/s1. The Hall–Kier alpha value is -2.40. The van der Waals surface area contributed by atoms with Crippen LogP contribution in [0.25, 0.3) is 11.1 Å². The monoisotopic (exact) mass is 426 g/mol. The van der Waals surface area contributed by atoms with Crippen molar-refractivity contribution in [1.82, 2.24) is 4.90 Å². The van der Waals surface area contributed by atoms with Gasteiger partial charge in [0, 0.05) is 35.6 Å². The highest BCUT2D eigenvalue weighted by atomic mass is 35.5. The van der Waals surface area contributed by atoms with E-state index in [1.54, 1.807) is 0 Å². The minimum atomic E-state index is -0.491. The molecule has 1 saturated heterocycles. The van der Waals surface area contributed by atoms with Crippen LogP contribution in [0.2, 0.25) is 5.02 Å². The maximum absolute atomic E-state index is 12.7. The van der Waals surface area contributed by atoms with Crippen molar-refractivity contribution in [2.75, 3.05) is 31.1 Å². The van der Waals surface area contributed by atoms with Crippen molar-refractivity contribution < 1.29 is 14.3 Å². The third kappa shape index (κ3) is 3.29. The van der Waals surface area contributed by atoms with Gasteiger partial charge in [-0.25, -0.2) is 4.79 Å². The predicted octanol–water partition coefficient (Wildman–Crippen LogP) is 5.31. The van der Waals surface area contributed by atoms with Crippen LogP contribution >= 0.6 is 11.6 Å². The lowest BCUT2D eigenvalue weighted by Crippen LogP contribution is -2.50. The van der Waals surface area contributed by atoms with Gasteiger partial charge in [0.05, 0.1) is 12.2 Å². The van der Waals surface area contributed by atoms with E-state index >= 15 is 0 Å². The number of ether oxygens (including phenoxy) is 2. The minimum Gasteiger partial charge on any atom is -0.490 e. The van der Waals surface area contributed by atoms with Crippen LogP contribution in [0.1, 0.15) is 38.7 Å². The number of hydrogen-bond acceptors (Lipinski definition) is 4. The zero-order valence-electron chi connectivity index (χ0n) is 17.7. The summed E-state index contributed by atoms with van der Waals surface area (Å²) in [5.41, 5.74) is 4.02. The van der Waals surface area contributed by atoms with Gasteiger partial charge in [-0.2, -0.15) is 0 Å². The number of benzene rings is 2. The number of carbonyl (C=O) groups is 1. The van der Waals surface area contributed by atoms with Gasteiger partial charge in [0.1, 0.15) is 18.0 Å². The molecule has 0 N–H and O–H groups in total. The van der Waals surface area contributed by atoms with Crippen LogP contribution in [0, 0.1) is 0 Å². The van der Waals surface area contributed by atoms with Gasteiger partial charge in [0.2, 0.25) is 0 Å². The Morgan fingerprint density at radius 3 is 2.77 bits per heavy atom. The second kappa shape index (κ2) is 7.09. The molecule has 3 heterocycles. The summed E-state index contributed by atoms with van der Waals surface area (Å²) in [5.74, 6) is 1.16. The normalized spacial score (nSPS) is 22.3. The van der Waals surface area contributed by atoms with Gasteiger partial charge in [-0.3, -0.25) is 0 Å². The first-order valence-electron chi connectivity index (χ1n) is 10.6. The quantitative estimate of drug-likeness (QED) is 0.619. The molecular weight excluding hydrogens is 400 g/mol. The second-order valence-corrected chi connectivity index (χ2v) is 9.73. The molecule has 158 valence electrons. The maximum atomic E-state index is 12.7. The number of piperidine rings is 1. The van der Waals surface area contributed by atoms with E-state index in [1.807, 2.05) is 49.9 Å². The lowest BCUT2D eigenvalue weighted by atomic mass is 9.88. The Kier molecular flexibility index (Phi) is 4.62. The van der Waals surface area contributed by atoms with Crippen LogP contribution in [0.15, 0.2) is 36.4 Å². The molecule has 2 aromatic carbocycles. The van der Waals surface area contributed by atoms with E-state index in [0.717, 1.165) is 34.9 Å². The summed E-state index contributed by atoms with van der Waals surface area (Å²) in [4.78, 5) is 17.1. The highest BCUT2D eigenvalue weighted by Gasteiger charge is 2.46. The van der Waals surface area contributed by atoms with Crippen molar-refractivity contribution in [1.29, 1.82) is 0 Å². The first kappa shape index (κ1) is 19.6. The van der Waals surface area contributed by atoms with Crippen molar-refractivity contribution in [3.05, 3.63) is 47.0 Å². The fraction of sp³-hybridized carbons (Fsp3) is 0.458. The third-order valence-corrected chi connectivity index (χ3v) is 6.52. The molecule has 3 aliphatic heterocycles. The summed E-state index contributed by atoms with van der Waals surface area (Å²) < 4.78 is 11.7. The van der Waals surface area contributed by atoms with Gasteiger partial charge >= 0.3 is 6.09 Å². The molecule has 2 aromatic rings. The third-order valence-electron chi connectivity index (χ3n) is 6.19. The second-order valence-electron chi connectivity index (χ2n) is 9.32. The van der Waals surface area contributed by atoms with Gasteiger partial charge in [-0.1, -0.05) is 29.8 Å². The highest BCUT2D eigenvalue weighted by Crippen LogP contribution is 2.52. The van der Waals surface area contributed by atoms with E-state index in [-0.39, 0.29) is 12.0 Å². The number of rotatable bonds is 1. The number of fused-ring (bicyclic) bond motifs is 3. The van der Waals surface area contributed by atoms with Crippen LogP contribution in [0.3, 0.4) is 0 Å². The van der Waals surface area contributed by atoms with Crippen LogP contribution in [-0.2, 0) is 4.74 Å². The molecule has 0 aliphatic carbocycles. The molecule has 30 heavy (non-hydrogen) atoms. The summed E-state index contributed by atoms with van der Waals surface area (Å²) in [6.45, 7) is 8.67. The molecule has 0 unspecified atom stereocenters. The number of nitrogens with zero attached hydrogens (tertiary/aromatic N) is 2. The molecule has 0 spiro atoms. The zero-order valence-corrected chi connectivity index (χ0v) is 18.4. The van der Waals surface area contributed by atoms with E-state index in [4.69, 9.17) is 21.1 Å². The van der Waals surface area contributed by atoms with Gasteiger partial charge in [0.15, 0.2) is 0 Å². The molecule has 0 aromatic heterocycles. The number of amides is 1. The molecule has 1 fully saturated rings. The van der Waals surface area contributed by atoms with Crippen molar-refractivity contribution in [2.24, 2.45) is 0 Å². The molecule has 2 atom stereocenters. The van der Waals surface area contributed by atoms with Gasteiger partial charge < -0.3 is 19.3 Å². The fourth-order valence-electron chi connectivity index (χ4n) is 4.99. The van der Waals surface area contributed by atoms with Crippen LogP contribution in [0.4, 0.5) is 10.5 Å². The maximum Gasteiger partial charge on any atom is 0.410 e. The van der Waals surface area contributed by atoms with E-state index in [0.29, 0.717) is 25.7 Å². The lowest BCUT2D eigenvalue weighted by molar-refractivity contribution is 0.0188. The molecule has 0 saturated carbocycles. The summed E-state index contributed by atoms with van der Waals surface area (Å²) in [7, 11) is 0. The average Bonchev–Trinajstić information content (AvgIpc) is 3.02. The highest BCUT2D eigenvalue weighted by molar-refractivity contribution is 6.33. The van der Waals surface area contributed by atoms with Crippen LogP contribution < -0.4 is 9.64 Å². The Bertz CT molecular complexity index is 1000. The van der Waals surface area contributed by atoms with Crippen molar-refractivity contribution in [3.8, 4) is 16.9 Å². The number of likely N-dealkylation sites (tertiary alicyclic amines) is 1. The Morgan fingerprint density at radius 2 is 2.00 bits per heavy atom. The molecule has 1 amide bonds. The largest absolute Gasteiger partial charge is 0.490 e. The first-order chi connectivity index (χ1) is 14.3. The van der Waals surface area contributed by atoms with Crippen molar-refractivity contribution in [2.45, 2.75) is 44.8 Å². The van der Waals surface area contributed by atoms with Crippen molar-refractivity contribution >= 4 is 23.4 Å².